The highest BCUT2D eigenvalue weighted by atomic mass is 19.4. The first-order chi connectivity index (χ1) is 8.39. The summed E-state index contributed by atoms with van der Waals surface area (Å²) >= 11 is 0. The second-order valence-electron chi connectivity index (χ2n) is 3.48. The van der Waals surface area contributed by atoms with Crippen LogP contribution in [-0.4, -0.2) is 20.6 Å². The minimum absolute atomic E-state index is 0.218. The smallest absolute Gasteiger partial charge is 0.418 e. The molecule has 7 heteroatoms. The molecule has 0 aliphatic heterocycles. The first kappa shape index (κ1) is 12.2. The zero-order valence-electron chi connectivity index (χ0n) is 8.85. The highest BCUT2D eigenvalue weighted by Crippen LogP contribution is 2.33. The molecule has 0 radical (unpaired) electrons. The maximum absolute atomic E-state index is 12.6. The Kier molecular flexibility index (Phi) is 2.82. The molecule has 1 N–H and O–H groups in total. The molecule has 2 aromatic rings. The second-order valence-corrected chi connectivity index (χ2v) is 3.48. The molecular weight excluding hydrogens is 249 g/mol. The fourth-order valence-electron chi connectivity index (χ4n) is 1.49. The molecule has 2 heterocycles. The minimum atomic E-state index is -4.71. The Hall–Kier alpha value is -2.31. The molecule has 0 atom stereocenters. The highest BCUT2D eigenvalue weighted by molar-refractivity contribution is 5.89. The van der Waals surface area contributed by atoms with Gasteiger partial charge < -0.3 is 9.67 Å². The lowest BCUT2D eigenvalue weighted by Gasteiger charge is -2.04. The Labute approximate surface area is 99.3 Å². The number of aromatic carboxylic acids is 1. The van der Waals surface area contributed by atoms with Crippen LogP contribution in [0.3, 0.4) is 0 Å². The van der Waals surface area contributed by atoms with Gasteiger partial charge in [-0.3, -0.25) is 0 Å². The third-order valence-electron chi connectivity index (χ3n) is 2.28. The Morgan fingerprint density at radius 3 is 2.44 bits per heavy atom. The number of nitrogens with zero attached hydrogens (tertiary/aromatic N) is 2. The van der Waals surface area contributed by atoms with E-state index in [2.05, 4.69) is 4.98 Å². The number of halogens is 3. The molecule has 0 saturated heterocycles. The highest BCUT2D eigenvalue weighted by Gasteiger charge is 2.37. The van der Waals surface area contributed by atoms with Crippen molar-refractivity contribution in [1.29, 1.82) is 0 Å². The van der Waals surface area contributed by atoms with Gasteiger partial charge in [0.05, 0.1) is 11.1 Å². The lowest BCUT2D eigenvalue weighted by molar-refractivity contribution is -0.138. The molecule has 2 rings (SSSR count). The number of hydrogen-bond acceptors (Lipinski definition) is 2. The minimum Gasteiger partial charge on any atom is -0.478 e. The average Bonchev–Trinajstić information content (AvgIpc) is 2.74. The van der Waals surface area contributed by atoms with E-state index in [4.69, 9.17) is 5.11 Å². The molecule has 0 unspecified atom stereocenters. The number of carboxylic acids is 1. The fraction of sp³-hybridized carbons (Fsp3) is 0.0909. The Morgan fingerprint density at radius 2 is 2.00 bits per heavy atom. The maximum atomic E-state index is 12.6. The van der Waals surface area contributed by atoms with Gasteiger partial charge in [-0.15, -0.1) is 0 Å². The number of hydrogen-bond donors (Lipinski definition) is 1. The Morgan fingerprint density at radius 1 is 1.28 bits per heavy atom. The Bertz CT molecular complexity index is 576. The van der Waals surface area contributed by atoms with E-state index in [1.807, 2.05) is 0 Å². The van der Waals surface area contributed by atoms with Gasteiger partial charge in [0.15, 0.2) is 0 Å². The van der Waals surface area contributed by atoms with E-state index in [9.17, 15) is 18.0 Å². The van der Waals surface area contributed by atoms with Gasteiger partial charge in [-0.2, -0.15) is 13.2 Å². The summed E-state index contributed by atoms with van der Waals surface area (Å²) in [6.45, 7) is 0. The summed E-state index contributed by atoms with van der Waals surface area (Å²) in [5, 5.41) is 8.76. The van der Waals surface area contributed by atoms with E-state index in [1.54, 1.807) is 12.1 Å². The molecule has 0 aliphatic carbocycles. The number of pyridine rings is 1. The first-order valence-corrected chi connectivity index (χ1v) is 4.83. The van der Waals surface area contributed by atoms with Crippen LogP contribution in [0.15, 0.2) is 36.8 Å². The van der Waals surface area contributed by atoms with E-state index in [0.29, 0.717) is 6.20 Å². The summed E-state index contributed by atoms with van der Waals surface area (Å²) < 4.78 is 39.0. The van der Waals surface area contributed by atoms with Gasteiger partial charge in [-0.1, -0.05) is 6.07 Å². The van der Waals surface area contributed by atoms with Crippen molar-refractivity contribution in [3.63, 3.8) is 0 Å². The van der Waals surface area contributed by atoms with Gasteiger partial charge in [-0.05, 0) is 12.1 Å². The predicted octanol–water partition coefficient (Wildman–Crippen LogP) is 2.59. The molecule has 0 spiro atoms. The summed E-state index contributed by atoms with van der Waals surface area (Å²) in [7, 11) is 0. The quantitative estimate of drug-likeness (QED) is 0.898. The zero-order chi connectivity index (χ0) is 13.3. The largest absolute Gasteiger partial charge is 0.478 e. The van der Waals surface area contributed by atoms with Crippen molar-refractivity contribution < 1.29 is 23.1 Å². The van der Waals surface area contributed by atoms with E-state index >= 15 is 0 Å². The van der Waals surface area contributed by atoms with Crippen molar-refractivity contribution in [2.75, 3.05) is 0 Å². The van der Waals surface area contributed by atoms with Gasteiger partial charge in [0.1, 0.15) is 5.82 Å². The summed E-state index contributed by atoms with van der Waals surface area (Å²) in [6, 6.07) is 4.68. The van der Waals surface area contributed by atoms with E-state index in [1.165, 1.54) is 12.3 Å². The molecule has 0 amide bonds. The van der Waals surface area contributed by atoms with Crippen LogP contribution in [-0.2, 0) is 6.18 Å². The predicted molar refractivity (Wildman–Crippen MR) is 55.5 cm³/mol. The first-order valence-electron chi connectivity index (χ1n) is 4.83. The van der Waals surface area contributed by atoms with Gasteiger partial charge in [0.25, 0.3) is 0 Å². The monoisotopic (exact) mass is 256 g/mol. The summed E-state index contributed by atoms with van der Waals surface area (Å²) in [4.78, 5) is 14.6. The zero-order valence-corrected chi connectivity index (χ0v) is 8.85. The van der Waals surface area contributed by atoms with Crippen molar-refractivity contribution in [3.05, 3.63) is 47.9 Å². The fourth-order valence-corrected chi connectivity index (χ4v) is 1.49. The Balaban J connectivity index is 2.57. The number of carbonyl (C=O) groups is 1. The van der Waals surface area contributed by atoms with Crippen LogP contribution in [0.25, 0.3) is 5.82 Å². The van der Waals surface area contributed by atoms with E-state index in [0.717, 1.165) is 10.8 Å². The third-order valence-corrected chi connectivity index (χ3v) is 2.28. The van der Waals surface area contributed by atoms with E-state index < -0.39 is 23.3 Å². The van der Waals surface area contributed by atoms with Gasteiger partial charge in [0.2, 0.25) is 0 Å². The lowest BCUT2D eigenvalue weighted by atomic mass is 10.2. The molecule has 0 aromatic carbocycles. The molecule has 0 fully saturated rings. The number of carboxylic acid groups (broad SMARTS) is 1. The van der Waals surface area contributed by atoms with Crippen LogP contribution >= 0.6 is 0 Å². The molecule has 4 nitrogen and oxygen atoms in total. The summed E-state index contributed by atoms with van der Waals surface area (Å²) in [5.41, 5.74) is -1.99. The standard InChI is InChI=1S/C11H7F3N2O2/c12-11(13,14)8-6-16(5-7(8)10(17)18)9-3-1-2-4-15-9/h1-6H,(H,17,18). The number of aromatic nitrogens is 2. The summed E-state index contributed by atoms with van der Waals surface area (Å²) in [6.07, 6.45) is -1.70. The molecule has 0 saturated carbocycles. The number of rotatable bonds is 2. The summed E-state index contributed by atoms with van der Waals surface area (Å²) in [5.74, 6) is -1.41. The second kappa shape index (κ2) is 4.17. The third kappa shape index (κ3) is 2.20. The normalized spacial score (nSPS) is 11.5. The van der Waals surface area contributed by atoms with Crippen LogP contribution < -0.4 is 0 Å². The van der Waals surface area contributed by atoms with Crippen molar-refractivity contribution in [2.45, 2.75) is 6.18 Å². The number of alkyl halides is 3. The van der Waals surface area contributed by atoms with Crippen LogP contribution in [0.5, 0.6) is 0 Å². The molecule has 0 aliphatic rings. The van der Waals surface area contributed by atoms with Gasteiger partial charge in [0, 0.05) is 18.6 Å². The van der Waals surface area contributed by atoms with Crippen LogP contribution in [0.4, 0.5) is 13.2 Å². The average molecular weight is 256 g/mol. The van der Waals surface area contributed by atoms with Crippen molar-refractivity contribution >= 4 is 5.97 Å². The molecule has 18 heavy (non-hydrogen) atoms. The van der Waals surface area contributed by atoms with Gasteiger partial charge in [-0.25, -0.2) is 9.78 Å². The van der Waals surface area contributed by atoms with Crippen molar-refractivity contribution in [2.24, 2.45) is 0 Å². The lowest BCUT2D eigenvalue weighted by Crippen LogP contribution is -2.09. The van der Waals surface area contributed by atoms with Crippen LogP contribution in [0.2, 0.25) is 0 Å². The molecule has 94 valence electrons. The van der Waals surface area contributed by atoms with Crippen LogP contribution in [0, 0.1) is 0 Å². The molecular formula is C11H7F3N2O2. The van der Waals surface area contributed by atoms with Gasteiger partial charge >= 0.3 is 12.1 Å². The molecule has 0 bridgehead atoms. The molecule has 2 aromatic heterocycles. The van der Waals surface area contributed by atoms with E-state index in [-0.39, 0.29) is 5.82 Å². The van der Waals surface area contributed by atoms with Crippen molar-refractivity contribution in [1.82, 2.24) is 9.55 Å². The SMILES string of the molecule is O=C(O)c1cn(-c2ccccn2)cc1C(F)(F)F. The van der Waals surface area contributed by atoms with Crippen LogP contribution in [0.1, 0.15) is 15.9 Å². The topological polar surface area (TPSA) is 55.1 Å². The maximum Gasteiger partial charge on any atom is 0.418 e. The van der Waals surface area contributed by atoms with Crippen molar-refractivity contribution in [3.8, 4) is 5.82 Å².